The van der Waals surface area contributed by atoms with E-state index in [1.165, 1.54) is 16.1 Å². The molecule has 35 heavy (non-hydrogen) atoms. The molecule has 2 unspecified atom stereocenters. The fourth-order valence-electron chi connectivity index (χ4n) is 4.54. The van der Waals surface area contributed by atoms with Crippen molar-refractivity contribution in [2.75, 3.05) is 5.32 Å². The molecule has 4 aromatic rings. The molecule has 1 N–H and O–H groups in total. The van der Waals surface area contributed by atoms with Crippen molar-refractivity contribution in [3.63, 3.8) is 0 Å². The number of halogens is 2. The quantitative estimate of drug-likeness (QED) is 0.410. The highest BCUT2D eigenvalue weighted by molar-refractivity contribution is 7.19. The van der Waals surface area contributed by atoms with Gasteiger partial charge in [-0.25, -0.2) is 13.8 Å². The van der Waals surface area contributed by atoms with Crippen molar-refractivity contribution in [1.29, 1.82) is 0 Å². The lowest BCUT2D eigenvalue weighted by atomic mass is 9.83. The molecule has 0 aliphatic heterocycles. The van der Waals surface area contributed by atoms with Crippen molar-refractivity contribution in [3.05, 3.63) is 60.0 Å². The number of hydrogen-bond acceptors (Lipinski definition) is 7. The summed E-state index contributed by atoms with van der Waals surface area (Å²) in [5.74, 6) is -3.88. The third-order valence-electron chi connectivity index (χ3n) is 6.18. The predicted octanol–water partition coefficient (Wildman–Crippen LogP) is 4.86. The van der Waals surface area contributed by atoms with E-state index in [0.29, 0.717) is 16.5 Å². The van der Waals surface area contributed by atoms with Crippen molar-refractivity contribution in [2.24, 2.45) is 13.0 Å². The van der Waals surface area contributed by atoms with Crippen LogP contribution in [0, 0.1) is 12.8 Å². The second-order valence-corrected chi connectivity index (χ2v) is 9.72. The third-order valence-corrected chi connectivity index (χ3v) is 7.30. The van der Waals surface area contributed by atoms with Crippen LogP contribution in [-0.2, 0) is 11.8 Å². The van der Waals surface area contributed by atoms with Gasteiger partial charge in [-0.2, -0.15) is 4.80 Å². The molecule has 1 amide bonds. The number of alkyl halides is 2. The molecule has 1 aliphatic rings. The minimum absolute atomic E-state index is 0.218. The van der Waals surface area contributed by atoms with Gasteiger partial charge in [0.15, 0.2) is 5.13 Å². The topological polar surface area (TPSA) is 98.5 Å². The van der Waals surface area contributed by atoms with Crippen LogP contribution in [0.1, 0.15) is 36.4 Å². The van der Waals surface area contributed by atoms with Gasteiger partial charge in [0.2, 0.25) is 17.7 Å². The lowest BCUT2D eigenvalue weighted by Gasteiger charge is -2.23. The number of benzene rings is 1. The normalized spacial score (nSPS) is 17.9. The van der Waals surface area contributed by atoms with Gasteiger partial charge < -0.3 is 5.32 Å². The number of aromatic nitrogens is 6. The Balaban J connectivity index is 1.42. The van der Waals surface area contributed by atoms with Gasteiger partial charge >= 0.3 is 0 Å². The molecule has 3 heterocycles. The number of hydrogen-bond donors (Lipinski definition) is 1. The van der Waals surface area contributed by atoms with Crippen molar-refractivity contribution >= 4 is 22.4 Å². The summed E-state index contributed by atoms with van der Waals surface area (Å²) in [6.07, 6.45) is 3.16. The van der Waals surface area contributed by atoms with Gasteiger partial charge in [-0.15, -0.1) is 10.2 Å². The Morgan fingerprint density at radius 2 is 2.03 bits per heavy atom. The summed E-state index contributed by atoms with van der Waals surface area (Å²) in [5, 5.41) is 15.3. The zero-order chi connectivity index (χ0) is 24.6. The number of nitrogens with one attached hydrogen (secondary N) is 1. The number of carbonyl (C=O) groups excluding carboxylic acids is 1. The smallest absolute Gasteiger partial charge is 0.248 e. The number of anilines is 1. The monoisotopic (exact) mass is 495 g/mol. The van der Waals surface area contributed by atoms with Gasteiger partial charge in [0.25, 0.3) is 0 Å². The molecule has 2 atom stereocenters. The molecule has 1 aliphatic carbocycles. The molecule has 11 heteroatoms. The maximum absolute atomic E-state index is 14.1. The van der Waals surface area contributed by atoms with E-state index in [1.807, 2.05) is 19.1 Å². The van der Waals surface area contributed by atoms with Gasteiger partial charge in [0, 0.05) is 36.4 Å². The fraction of sp³-hybridized carbons (Fsp3) is 0.333. The molecule has 0 spiro atoms. The molecule has 8 nitrogen and oxygen atoms in total. The number of amides is 1. The molecule has 0 radical (unpaired) electrons. The number of rotatable bonds is 6. The Morgan fingerprint density at radius 1 is 1.23 bits per heavy atom. The second kappa shape index (κ2) is 9.21. The number of thiazole rings is 1. The minimum Gasteiger partial charge on any atom is -0.301 e. The summed E-state index contributed by atoms with van der Waals surface area (Å²) in [7, 11) is 1.67. The summed E-state index contributed by atoms with van der Waals surface area (Å²) in [5.41, 5.74) is 3.07. The Hall–Kier alpha value is -3.60. The molecular formula is C24H23F2N7OS. The number of tetrazole rings is 1. The largest absolute Gasteiger partial charge is 0.301 e. The van der Waals surface area contributed by atoms with Crippen molar-refractivity contribution in [1.82, 2.24) is 30.2 Å². The van der Waals surface area contributed by atoms with E-state index in [1.54, 1.807) is 43.7 Å². The summed E-state index contributed by atoms with van der Waals surface area (Å²) in [6, 6.07) is 10.9. The van der Waals surface area contributed by atoms with Gasteiger partial charge in [0.05, 0.1) is 23.5 Å². The SMILES string of the molecule is Cc1nc(NC(=O)C(c2ccc(-c3nnn(C)n3)cc2)C2CCC(F)(F)C2)sc1-c1cccnc1. The Labute approximate surface area is 204 Å². The zero-order valence-electron chi connectivity index (χ0n) is 19.2. The maximum Gasteiger partial charge on any atom is 0.248 e. The summed E-state index contributed by atoms with van der Waals surface area (Å²) >= 11 is 1.34. The average molecular weight is 496 g/mol. The molecule has 1 fully saturated rings. The first-order valence-corrected chi connectivity index (χ1v) is 12.0. The van der Waals surface area contributed by atoms with Crippen LogP contribution in [0.3, 0.4) is 0 Å². The first-order valence-electron chi connectivity index (χ1n) is 11.2. The Kier molecular flexibility index (Phi) is 6.10. The maximum atomic E-state index is 14.1. The van der Waals surface area contributed by atoms with Crippen molar-refractivity contribution in [3.8, 4) is 21.8 Å². The fourth-order valence-corrected chi connectivity index (χ4v) is 5.50. The number of carbonyl (C=O) groups is 1. The van der Waals surface area contributed by atoms with E-state index in [-0.39, 0.29) is 25.2 Å². The Bertz CT molecular complexity index is 1340. The van der Waals surface area contributed by atoms with E-state index < -0.39 is 17.8 Å². The number of nitrogens with zero attached hydrogens (tertiary/aromatic N) is 6. The van der Waals surface area contributed by atoms with Crippen LogP contribution in [0.4, 0.5) is 13.9 Å². The standard InChI is InChI=1S/C24H23F2N7OS/c1-14-20(18-4-3-11-27-13-18)35-23(28-14)29-22(34)19(17-9-10-24(25,26)12-17)15-5-7-16(8-6-15)21-30-32-33(2)31-21/h3-8,11,13,17,19H,9-10,12H2,1-2H3,(H,28,29,34). The van der Waals surface area contributed by atoms with Crippen LogP contribution in [0.2, 0.25) is 0 Å². The minimum atomic E-state index is -2.77. The summed E-state index contributed by atoms with van der Waals surface area (Å²) < 4.78 is 28.2. The predicted molar refractivity (Wildman–Crippen MR) is 128 cm³/mol. The number of pyridine rings is 1. The molecule has 3 aromatic heterocycles. The third kappa shape index (κ3) is 4.95. The molecule has 1 saturated carbocycles. The van der Waals surface area contributed by atoms with Crippen LogP contribution < -0.4 is 5.32 Å². The molecule has 1 aromatic carbocycles. The highest BCUT2D eigenvalue weighted by atomic mass is 32.1. The highest BCUT2D eigenvalue weighted by Gasteiger charge is 2.45. The molecule has 0 saturated heterocycles. The molecular weight excluding hydrogens is 472 g/mol. The van der Waals surface area contributed by atoms with Crippen LogP contribution in [0.25, 0.3) is 21.8 Å². The van der Waals surface area contributed by atoms with E-state index in [9.17, 15) is 13.6 Å². The summed E-state index contributed by atoms with van der Waals surface area (Å²) in [6.45, 7) is 1.86. The van der Waals surface area contributed by atoms with Crippen LogP contribution in [0.15, 0.2) is 48.8 Å². The highest BCUT2D eigenvalue weighted by Crippen LogP contribution is 2.46. The van der Waals surface area contributed by atoms with Gasteiger partial charge in [-0.3, -0.25) is 9.78 Å². The first-order chi connectivity index (χ1) is 16.8. The van der Waals surface area contributed by atoms with E-state index in [4.69, 9.17) is 0 Å². The molecule has 180 valence electrons. The van der Waals surface area contributed by atoms with Gasteiger partial charge in [-0.05, 0) is 36.1 Å². The second-order valence-electron chi connectivity index (χ2n) is 8.73. The molecule has 5 rings (SSSR count). The van der Waals surface area contributed by atoms with E-state index >= 15 is 0 Å². The Morgan fingerprint density at radius 3 is 2.66 bits per heavy atom. The van der Waals surface area contributed by atoms with Crippen molar-refractivity contribution in [2.45, 2.75) is 38.0 Å². The van der Waals surface area contributed by atoms with Gasteiger partial charge in [-0.1, -0.05) is 41.7 Å². The lowest BCUT2D eigenvalue weighted by molar-refractivity contribution is -0.118. The zero-order valence-corrected chi connectivity index (χ0v) is 20.0. The first kappa shape index (κ1) is 23.2. The van der Waals surface area contributed by atoms with Gasteiger partial charge in [0.1, 0.15) is 0 Å². The molecule has 0 bridgehead atoms. The van der Waals surface area contributed by atoms with Crippen LogP contribution in [0.5, 0.6) is 0 Å². The van der Waals surface area contributed by atoms with E-state index in [2.05, 4.69) is 30.7 Å². The average Bonchev–Trinajstić information content (AvgIpc) is 3.53. The van der Waals surface area contributed by atoms with Crippen LogP contribution >= 0.6 is 11.3 Å². The van der Waals surface area contributed by atoms with E-state index in [0.717, 1.165) is 21.7 Å². The summed E-state index contributed by atoms with van der Waals surface area (Å²) in [4.78, 5) is 24.4. The van der Waals surface area contributed by atoms with Crippen LogP contribution in [-0.4, -0.2) is 42.0 Å². The lowest BCUT2D eigenvalue weighted by Crippen LogP contribution is -2.27. The number of aryl methyl sites for hydroxylation is 2. The van der Waals surface area contributed by atoms with Crippen molar-refractivity contribution < 1.29 is 13.6 Å².